The molecule has 1 aromatic carbocycles. The zero-order chi connectivity index (χ0) is 21.2. The van der Waals surface area contributed by atoms with Crippen LogP contribution < -0.4 is 4.90 Å². The summed E-state index contributed by atoms with van der Waals surface area (Å²) in [4.78, 5) is 16.7. The molecule has 3 aromatic heterocycles. The van der Waals surface area contributed by atoms with E-state index in [2.05, 4.69) is 25.3 Å². The summed E-state index contributed by atoms with van der Waals surface area (Å²) in [5.41, 5.74) is 2.45. The Morgan fingerprint density at radius 2 is 1.77 bits per heavy atom. The lowest BCUT2D eigenvalue weighted by molar-refractivity contribution is 0.0740. The molecular weight excluding hydrogens is 399 g/mol. The molecule has 156 valence electrons. The number of anilines is 1. The van der Waals surface area contributed by atoms with Crippen molar-refractivity contribution in [2.75, 3.05) is 31.1 Å². The van der Waals surface area contributed by atoms with E-state index in [0.29, 0.717) is 49.0 Å². The average Bonchev–Trinajstić information content (AvgIpc) is 3.52. The fourth-order valence-electron chi connectivity index (χ4n) is 3.56. The number of hydrogen-bond donors (Lipinski definition) is 1. The van der Waals surface area contributed by atoms with Gasteiger partial charge < -0.3 is 14.2 Å². The van der Waals surface area contributed by atoms with Crippen LogP contribution in [0.3, 0.4) is 0 Å². The van der Waals surface area contributed by atoms with Crippen LogP contribution in [0.1, 0.15) is 10.5 Å². The topological polar surface area (TPSA) is 91.2 Å². The highest BCUT2D eigenvalue weighted by Gasteiger charge is 2.24. The predicted molar refractivity (Wildman–Crippen MR) is 112 cm³/mol. The third-order valence-electron chi connectivity index (χ3n) is 5.26. The number of amides is 1. The fraction of sp³-hybridized carbons (Fsp3) is 0.182. The molecule has 5 rings (SSSR count). The number of halogens is 1. The van der Waals surface area contributed by atoms with Gasteiger partial charge in [0.15, 0.2) is 11.6 Å². The standard InChI is InChI=1S/C22H19FN6O2/c23-16-5-3-15(4-6-16)18-14-19(26-25-18)22(30)29-11-9-28(10-12-29)21-8-7-17(24-27-21)20-2-1-13-31-20/h1-8,13-14H,9-12H2,(H,25,26). The van der Waals surface area contributed by atoms with Crippen molar-refractivity contribution in [3.05, 3.63) is 72.4 Å². The van der Waals surface area contributed by atoms with Gasteiger partial charge >= 0.3 is 0 Å². The molecule has 1 saturated heterocycles. The van der Waals surface area contributed by atoms with E-state index in [4.69, 9.17) is 4.42 Å². The van der Waals surface area contributed by atoms with Gasteiger partial charge in [-0.3, -0.25) is 9.89 Å². The molecule has 0 atom stereocenters. The van der Waals surface area contributed by atoms with E-state index in [0.717, 1.165) is 11.4 Å². The quantitative estimate of drug-likeness (QED) is 0.547. The highest BCUT2D eigenvalue weighted by atomic mass is 19.1. The minimum Gasteiger partial charge on any atom is -0.463 e. The van der Waals surface area contributed by atoms with Gasteiger partial charge in [0.25, 0.3) is 5.91 Å². The van der Waals surface area contributed by atoms with Crippen molar-refractivity contribution < 1.29 is 13.6 Å². The second-order valence-electron chi connectivity index (χ2n) is 7.21. The van der Waals surface area contributed by atoms with Crippen LogP contribution >= 0.6 is 0 Å². The van der Waals surface area contributed by atoms with Crippen molar-refractivity contribution in [3.8, 4) is 22.7 Å². The van der Waals surface area contributed by atoms with Crippen LogP contribution in [0.4, 0.5) is 10.2 Å². The maximum atomic E-state index is 13.1. The molecule has 8 nitrogen and oxygen atoms in total. The van der Waals surface area contributed by atoms with Crippen LogP contribution in [0.25, 0.3) is 22.7 Å². The molecule has 1 amide bonds. The van der Waals surface area contributed by atoms with Gasteiger partial charge in [-0.05, 0) is 54.6 Å². The van der Waals surface area contributed by atoms with Crippen LogP contribution in [0.15, 0.2) is 65.3 Å². The summed E-state index contributed by atoms with van der Waals surface area (Å²) in [6.45, 7) is 2.43. The molecule has 0 saturated carbocycles. The van der Waals surface area contributed by atoms with Crippen LogP contribution in [-0.4, -0.2) is 57.4 Å². The number of nitrogens with one attached hydrogen (secondary N) is 1. The Hall–Kier alpha value is -4.01. The molecule has 0 unspecified atom stereocenters. The Kier molecular flexibility index (Phi) is 4.91. The monoisotopic (exact) mass is 418 g/mol. The number of furan rings is 1. The number of aromatic nitrogens is 4. The average molecular weight is 418 g/mol. The molecule has 1 fully saturated rings. The van der Waals surface area contributed by atoms with Crippen molar-refractivity contribution in [2.45, 2.75) is 0 Å². The number of nitrogens with zero attached hydrogens (tertiary/aromatic N) is 5. The maximum absolute atomic E-state index is 13.1. The summed E-state index contributed by atoms with van der Waals surface area (Å²) in [5.74, 6) is 1.02. The van der Waals surface area contributed by atoms with Gasteiger partial charge in [-0.1, -0.05) is 0 Å². The fourth-order valence-corrected chi connectivity index (χ4v) is 3.56. The Morgan fingerprint density at radius 3 is 2.45 bits per heavy atom. The first-order valence-electron chi connectivity index (χ1n) is 9.90. The smallest absolute Gasteiger partial charge is 0.272 e. The first kappa shape index (κ1) is 19.0. The molecular formula is C22H19FN6O2. The van der Waals surface area contributed by atoms with E-state index >= 15 is 0 Å². The molecule has 0 aliphatic carbocycles. The van der Waals surface area contributed by atoms with Crippen LogP contribution in [0, 0.1) is 5.82 Å². The highest BCUT2D eigenvalue weighted by Crippen LogP contribution is 2.21. The van der Waals surface area contributed by atoms with E-state index in [-0.39, 0.29) is 11.7 Å². The van der Waals surface area contributed by atoms with Crippen molar-refractivity contribution in [3.63, 3.8) is 0 Å². The van der Waals surface area contributed by atoms with Gasteiger partial charge in [0.2, 0.25) is 0 Å². The molecule has 31 heavy (non-hydrogen) atoms. The number of aromatic amines is 1. The van der Waals surface area contributed by atoms with Crippen molar-refractivity contribution in [2.24, 2.45) is 0 Å². The third-order valence-corrected chi connectivity index (χ3v) is 5.26. The summed E-state index contributed by atoms with van der Waals surface area (Å²) in [6, 6.07) is 15.1. The number of hydrogen-bond acceptors (Lipinski definition) is 6. The number of benzene rings is 1. The molecule has 0 radical (unpaired) electrons. The zero-order valence-electron chi connectivity index (χ0n) is 16.5. The zero-order valence-corrected chi connectivity index (χ0v) is 16.5. The van der Waals surface area contributed by atoms with Gasteiger partial charge in [-0.15, -0.1) is 10.2 Å². The molecule has 1 aliphatic rings. The van der Waals surface area contributed by atoms with E-state index in [9.17, 15) is 9.18 Å². The molecule has 4 aromatic rings. The van der Waals surface area contributed by atoms with Crippen molar-refractivity contribution >= 4 is 11.7 Å². The van der Waals surface area contributed by atoms with E-state index in [1.165, 1.54) is 12.1 Å². The summed E-state index contributed by atoms with van der Waals surface area (Å²) in [5, 5.41) is 15.5. The van der Waals surface area contributed by atoms with Gasteiger partial charge in [0.1, 0.15) is 17.2 Å². The predicted octanol–water partition coefficient (Wildman–Crippen LogP) is 3.23. The number of rotatable bonds is 4. The first-order chi connectivity index (χ1) is 15.2. The number of H-pyrrole nitrogens is 1. The van der Waals surface area contributed by atoms with E-state index in [1.54, 1.807) is 29.4 Å². The molecule has 0 spiro atoms. The van der Waals surface area contributed by atoms with Gasteiger partial charge in [0.05, 0.1) is 12.0 Å². The molecule has 0 bridgehead atoms. The van der Waals surface area contributed by atoms with Gasteiger partial charge in [-0.2, -0.15) is 5.10 Å². The summed E-state index contributed by atoms with van der Waals surface area (Å²) in [7, 11) is 0. The van der Waals surface area contributed by atoms with Crippen LogP contribution in [0.5, 0.6) is 0 Å². The number of carbonyl (C=O) groups is 1. The van der Waals surface area contributed by atoms with Crippen LogP contribution in [-0.2, 0) is 0 Å². The third kappa shape index (κ3) is 3.89. The second-order valence-corrected chi connectivity index (χ2v) is 7.21. The highest BCUT2D eigenvalue weighted by molar-refractivity contribution is 5.93. The summed E-state index contributed by atoms with van der Waals surface area (Å²) < 4.78 is 18.4. The lowest BCUT2D eigenvalue weighted by atomic mass is 10.1. The minimum atomic E-state index is -0.311. The number of piperazine rings is 1. The largest absolute Gasteiger partial charge is 0.463 e. The molecule has 4 heterocycles. The molecule has 1 N–H and O–H groups in total. The first-order valence-corrected chi connectivity index (χ1v) is 9.90. The van der Waals surface area contributed by atoms with Crippen LogP contribution in [0.2, 0.25) is 0 Å². The van der Waals surface area contributed by atoms with Crippen molar-refractivity contribution in [1.29, 1.82) is 0 Å². The van der Waals surface area contributed by atoms with Gasteiger partial charge in [-0.25, -0.2) is 4.39 Å². The Morgan fingerprint density at radius 1 is 0.968 bits per heavy atom. The lowest BCUT2D eigenvalue weighted by Crippen LogP contribution is -2.49. The summed E-state index contributed by atoms with van der Waals surface area (Å²) in [6.07, 6.45) is 1.60. The summed E-state index contributed by atoms with van der Waals surface area (Å²) >= 11 is 0. The lowest BCUT2D eigenvalue weighted by Gasteiger charge is -2.34. The van der Waals surface area contributed by atoms with E-state index < -0.39 is 0 Å². The van der Waals surface area contributed by atoms with E-state index in [1.807, 2.05) is 24.3 Å². The molecule has 1 aliphatic heterocycles. The normalized spacial score (nSPS) is 14.1. The molecule has 9 heteroatoms. The Labute approximate surface area is 177 Å². The SMILES string of the molecule is O=C(c1cc(-c2ccc(F)cc2)n[nH]1)N1CCN(c2ccc(-c3ccco3)nn2)CC1. The Balaban J connectivity index is 1.21. The van der Waals surface area contributed by atoms with Gasteiger partial charge in [0, 0.05) is 31.7 Å². The number of carbonyl (C=O) groups excluding carboxylic acids is 1. The van der Waals surface area contributed by atoms with Crippen molar-refractivity contribution in [1.82, 2.24) is 25.3 Å². The Bertz CT molecular complexity index is 1160. The maximum Gasteiger partial charge on any atom is 0.272 e. The minimum absolute atomic E-state index is 0.111. The second kappa shape index (κ2) is 8.02.